The van der Waals surface area contributed by atoms with Crippen LogP contribution < -0.4 is 5.32 Å². The van der Waals surface area contributed by atoms with Crippen molar-refractivity contribution >= 4 is 6.01 Å². The minimum Gasteiger partial charge on any atom is -0.408 e. The lowest BCUT2D eigenvalue weighted by atomic mass is 10.3. The molecule has 1 N–H and O–H groups in total. The molecule has 0 spiro atoms. The zero-order valence-electron chi connectivity index (χ0n) is 9.60. The fourth-order valence-electron chi connectivity index (χ4n) is 1.49. The summed E-state index contributed by atoms with van der Waals surface area (Å²) in [7, 11) is 2.01. The average molecular weight is 220 g/mol. The van der Waals surface area contributed by atoms with Crippen LogP contribution in [0.1, 0.15) is 24.9 Å². The molecule has 0 aliphatic carbocycles. The second-order valence-corrected chi connectivity index (χ2v) is 3.71. The Kier molecular flexibility index (Phi) is 3.24. The van der Waals surface area contributed by atoms with E-state index in [9.17, 15) is 0 Å². The van der Waals surface area contributed by atoms with Gasteiger partial charge in [-0.2, -0.15) is 0 Å². The molecule has 0 amide bonds. The molecule has 5 nitrogen and oxygen atoms in total. The molecule has 0 unspecified atom stereocenters. The molecular formula is C11H16N4O. The molecule has 0 fully saturated rings. The Balaban J connectivity index is 1.92. The summed E-state index contributed by atoms with van der Waals surface area (Å²) >= 11 is 0. The van der Waals surface area contributed by atoms with Gasteiger partial charge in [-0.15, -0.1) is 5.10 Å². The second-order valence-electron chi connectivity index (χ2n) is 3.71. The number of aromatic nitrogens is 3. The van der Waals surface area contributed by atoms with Gasteiger partial charge in [-0.25, -0.2) is 0 Å². The van der Waals surface area contributed by atoms with Crippen molar-refractivity contribution in [3.63, 3.8) is 0 Å². The molecule has 16 heavy (non-hydrogen) atoms. The van der Waals surface area contributed by atoms with Gasteiger partial charge < -0.3 is 14.3 Å². The molecule has 0 radical (unpaired) electrons. The SMILES string of the molecule is CCCc1nnc(NCc2cccn2C)o1. The molecule has 0 saturated heterocycles. The third-order valence-corrected chi connectivity index (χ3v) is 2.40. The number of anilines is 1. The smallest absolute Gasteiger partial charge is 0.315 e. The molecule has 2 rings (SSSR count). The van der Waals surface area contributed by atoms with Crippen LogP contribution in [-0.2, 0) is 20.0 Å². The fourth-order valence-corrected chi connectivity index (χ4v) is 1.49. The molecule has 0 aromatic carbocycles. The van der Waals surface area contributed by atoms with E-state index in [0.717, 1.165) is 12.8 Å². The summed E-state index contributed by atoms with van der Waals surface area (Å²) in [5.41, 5.74) is 1.18. The van der Waals surface area contributed by atoms with E-state index in [4.69, 9.17) is 4.42 Å². The lowest BCUT2D eigenvalue weighted by Gasteiger charge is -2.02. The minimum absolute atomic E-state index is 0.490. The minimum atomic E-state index is 0.490. The van der Waals surface area contributed by atoms with Crippen molar-refractivity contribution in [2.24, 2.45) is 7.05 Å². The zero-order chi connectivity index (χ0) is 11.4. The van der Waals surface area contributed by atoms with Gasteiger partial charge in [-0.05, 0) is 18.6 Å². The zero-order valence-corrected chi connectivity index (χ0v) is 9.60. The number of hydrogen-bond donors (Lipinski definition) is 1. The molecule has 0 aliphatic heterocycles. The van der Waals surface area contributed by atoms with Crippen LogP contribution in [0, 0.1) is 0 Å². The Morgan fingerprint density at radius 1 is 1.44 bits per heavy atom. The third-order valence-electron chi connectivity index (χ3n) is 2.40. The molecule has 5 heteroatoms. The highest BCUT2D eigenvalue weighted by Gasteiger charge is 2.05. The van der Waals surface area contributed by atoms with Gasteiger partial charge in [0.15, 0.2) is 0 Å². The van der Waals surface area contributed by atoms with Crippen molar-refractivity contribution in [2.45, 2.75) is 26.3 Å². The van der Waals surface area contributed by atoms with Crippen LogP contribution in [0.2, 0.25) is 0 Å². The molecule has 86 valence electrons. The highest BCUT2D eigenvalue weighted by atomic mass is 16.4. The maximum Gasteiger partial charge on any atom is 0.315 e. The van der Waals surface area contributed by atoms with Crippen LogP contribution in [0.4, 0.5) is 6.01 Å². The van der Waals surface area contributed by atoms with Gasteiger partial charge in [0, 0.05) is 25.4 Å². The summed E-state index contributed by atoms with van der Waals surface area (Å²) in [6.45, 7) is 2.78. The first-order chi connectivity index (χ1) is 7.79. The van der Waals surface area contributed by atoms with E-state index in [2.05, 4.69) is 33.1 Å². The number of nitrogens with one attached hydrogen (secondary N) is 1. The Hall–Kier alpha value is -1.78. The van der Waals surface area contributed by atoms with Crippen LogP contribution in [0.25, 0.3) is 0 Å². The van der Waals surface area contributed by atoms with Gasteiger partial charge in [0.05, 0.1) is 6.54 Å². The molecule has 2 aromatic rings. The van der Waals surface area contributed by atoms with Crippen molar-refractivity contribution in [3.05, 3.63) is 29.9 Å². The average Bonchev–Trinajstić information content (AvgIpc) is 2.86. The van der Waals surface area contributed by atoms with E-state index in [0.29, 0.717) is 18.5 Å². The van der Waals surface area contributed by atoms with Crippen molar-refractivity contribution in [1.82, 2.24) is 14.8 Å². The Bertz CT molecular complexity index is 446. The van der Waals surface area contributed by atoms with Gasteiger partial charge in [-0.3, -0.25) is 0 Å². The Morgan fingerprint density at radius 2 is 2.31 bits per heavy atom. The van der Waals surface area contributed by atoms with E-state index >= 15 is 0 Å². The molecular weight excluding hydrogens is 204 g/mol. The number of nitrogens with zero attached hydrogens (tertiary/aromatic N) is 3. The van der Waals surface area contributed by atoms with Crippen LogP contribution in [-0.4, -0.2) is 14.8 Å². The van der Waals surface area contributed by atoms with Crippen LogP contribution >= 0.6 is 0 Å². The van der Waals surface area contributed by atoms with Gasteiger partial charge in [0.1, 0.15) is 0 Å². The van der Waals surface area contributed by atoms with Crippen LogP contribution in [0.5, 0.6) is 0 Å². The summed E-state index contributed by atoms with van der Waals surface area (Å²) in [6.07, 6.45) is 3.85. The monoisotopic (exact) mass is 220 g/mol. The second kappa shape index (κ2) is 4.83. The van der Waals surface area contributed by atoms with E-state index in [-0.39, 0.29) is 0 Å². The topological polar surface area (TPSA) is 55.9 Å². The summed E-state index contributed by atoms with van der Waals surface area (Å²) in [5, 5.41) is 11.0. The maximum atomic E-state index is 5.42. The lowest BCUT2D eigenvalue weighted by Crippen LogP contribution is -2.03. The highest BCUT2D eigenvalue weighted by molar-refractivity contribution is 5.20. The van der Waals surface area contributed by atoms with Crippen molar-refractivity contribution in [3.8, 4) is 0 Å². The predicted molar refractivity (Wildman–Crippen MR) is 61.0 cm³/mol. The first-order valence-electron chi connectivity index (χ1n) is 5.46. The molecule has 0 bridgehead atoms. The quantitative estimate of drug-likeness (QED) is 0.837. The molecule has 0 aliphatic rings. The Labute approximate surface area is 94.5 Å². The number of aryl methyl sites for hydroxylation is 2. The summed E-state index contributed by atoms with van der Waals surface area (Å²) in [6, 6.07) is 4.55. The Morgan fingerprint density at radius 3 is 3.00 bits per heavy atom. The number of hydrogen-bond acceptors (Lipinski definition) is 4. The van der Waals surface area contributed by atoms with E-state index < -0.39 is 0 Å². The summed E-state index contributed by atoms with van der Waals surface area (Å²) < 4.78 is 7.47. The molecule has 2 aromatic heterocycles. The van der Waals surface area contributed by atoms with Gasteiger partial charge in [0.25, 0.3) is 0 Å². The van der Waals surface area contributed by atoms with Crippen LogP contribution in [0.15, 0.2) is 22.7 Å². The molecule has 0 atom stereocenters. The molecule has 2 heterocycles. The van der Waals surface area contributed by atoms with Crippen molar-refractivity contribution < 1.29 is 4.42 Å². The molecule has 0 saturated carbocycles. The largest absolute Gasteiger partial charge is 0.408 e. The van der Waals surface area contributed by atoms with E-state index in [1.54, 1.807) is 0 Å². The van der Waals surface area contributed by atoms with Gasteiger partial charge >= 0.3 is 6.01 Å². The first-order valence-corrected chi connectivity index (χ1v) is 5.46. The highest BCUT2D eigenvalue weighted by Crippen LogP contribution is 2.09. The summed E-state index contributed by atoms with van der Waals surface area (Å²) in [5.74, 6) is 0.692. The van der Waals surface area contributed by atoms with Gasteiger partial charge in [0.2, 0.25) is 5.89 Å². The lowest BCUT2D eigenvalue weighted by molar-refractivity contribution is 0.500. The van der Waals surface area contributed by atoms with Gasteiger partial charge in [-0.1, -0.05) is 12.0 Å². The summed E-state index contributed by atoms with van der Waals surface area (Å²) in [4.78, 5) is 0. The van der Waals surface area contributed by atoms with Crippen molar-refractivity contribution in [2.75, 3.05) is 5.32 Å². The van der Waals surface area contributed by atoms with Crippen molar-refractivity contribution in [1.29, 1.82) is 0 Å². The first kappa shape index (κ1) is 10.7. The third kappa shape index (κ3) is 2.42. The predicted octanol–water partition coefficient (Wildman–Crippen LogP) is 1.97. The fraction of sp³-hybridized carbons (Fsp3) is 0.455. The van der Waals surface area contributed by atoms with E-state index in [1.165, 1.54) is 5.69 Å². The normalized spacial score (nSPS) is 10.6. The number of rotatable bonds is 5. The van der Waals surface area contributed by atoms with E-state index in [1.807, 2.05) is 19.3 Å². The standard InChI is InChI=1S/C11H16N4O/c1-3-5-10-13-14-11(16-10)12-8-9-6-4-7-15(9)2/h4,6-7H,3,5,8H2,1-2H3,(H,12,14). The maximum absolute atomic E-state index is 5.42. The van der Waals surface area contributed by atoms with Crippen LogP contribution in [0.3, 0.4) is 0 Å².